The second-order valence-electron chi connectivity index (χ2n) is 4.66. The number of anilines is 1. The van der Waals surface area contributed by atoms with E-state index in [-0.39, 0.29) is 0 Å². The van der Waals surface area contributed by atoms with Gasteiger partial charge in [-0.25, -0.2) is 4.79 Å². The SMILES string of the molecule is Cc1nn(C)c(Cl)c1Cn1c(=O)oc2ccc(N)cc21. The number of rotatable bonds is 2. The van der Waals surface area contributed by atoms with E-state index in [4.69, 9.17) is 21.8 Å². The van der Waals surface area contributed by atoms with Crippen LogP contribution in [0.1, 0.15) is 11.3 Å². The third kappa shape index (κ3) is 1.89. The quantitative estimate of drug-likeness (QED) is 0.732. The molecule has 2 aromatic heterocycles. The fourth-order valence-electron chi connectivity index (χ4n) is 2.24. The molecule has 20 heavy (non-hydrogen) atoms. The molecule has 0 radical (unpaired) electrons. The van der Waals surface area contributed by atoms with E-state index >= 15 is 0 Å². The van der Waals surface area contributed by atoms with Crippen LogP contribution in [0.5, 0.6) is 0 Å². The van der Waals surface area contributed by atoms with Crippen LogP contribution in [0.3, 0.4) is 0 Å². The Morgan fingerprint density at radius 3 is 2.85 bits per heavy atom. The van der Waals surface area contributed by atoms with Crippen molar-refractivity contribution in [2.45, 2.75) is 13.5 Å². The Kier molecular flexibility index (Phi) is 2.83. The van der Waals surface area contributed by atoms with Gasteiger partial charge in [-0.3, -0.25) is 9.25 Å². The van der Waals surface area contributed by atoms with Crippen LogP contribution >= 0.6 is 11.6 Å². The molecule has 0 aliphatic carbocycles. The van der Waals surface area contributed by atoms with E-state index in [1.165, 1.54) is 4.57 Å². The van der Waals surface area contributed by atoms with Gasteiger partial charge in [0.05, 0.1) is 17.8 Å². The minimum atomic E-state index is -0.440. The number of aromatic nitrogens is 3. The third-order valence-corrected chi connectivity index (χ3v) is 3.75. The van der Waals surface area contributed by atoms with E-state index in [2.05, 4.69) is 5.10 Å². The number of oxazole rings is 1. The summed E-state index contributed by atoms with van der Waals surface area (Å²) < 4.78 is 8.27. The maximum atomic E-state index is 12.0. The number of nitrogens with zero attached hydrogens (tertiary/aromatic N) is 3. The Morgan fingerprint density at radius 1 is 1.45 bits per heavy atom. The monoisotopic (exact) mass is 292 g/mol. The first-order valence-corrected chi connectivity index (χ1v) is 6.42. The van der Waals surface area contributed by atoms with Gasteiger partial charge in [0, 0.05) is 18.3 Å². The van der Waals surface area contributed by atoms with Crippen LogP contribution in [0.4, 0.5) is 5.69 Å². The van der Waals surface area contributed by atoms with E-state index in [0.29, 0.717) is 28.5 Å². The lowest BCUT2D eigenvalue weighted by Crippen LogP contribution is -2.15. The van der Waals surface area contributed by atoms with Crippen LogP contribution < -0.4 is 11.5 Å². The Hall–Kier alpha value is -2.21. The second kappa shape index (κ2) is 4.42. The normalized spacial score (nSPS) is 11.3. The fraction of sp³-hybridized carbons (Fsp3) is 0.231. The van der Waals surface area contributed by atoms with E-state index < -0.39 is 5.76 Å². The zero-order chi connectivity index (χ0) is 14.4. The molecule has 0 amide bonds. The largest absolute Gasteiger partial charge is 0.420 e. The molecule has 3 rings (SSSR count). The lowest BCUT2D eigenvalue weighted by atomic mass is 10.2. The number of fused-ring (bicyclic) bond motifs is 1. The highest BCUT2D eigenvalue weighted by Crippen LogP contribution is 2.22. The van der Waals surface area contributed by atoms with Crippen LogP contribution in [-0.4, -0.2) is 14.3 Å². The number of nitrogens with two attached hydrogens (primary N) is 1. The smallest absolute Gasteiger partial charge is 0.408 e. The molecular weight excluding hydrogens is 280 g/mol. The number of halogens is 1. The van der Waals surface area contributed by atoms with Crippen molar-refractivity contribution in [3.63, 3.8) is 0 Å². The molecular formula is C13H13ClN4O2. The molecule has 0 spiro atoms. The van der Waals surface area contributed by atoms with Crippen LogP contribution in [0.25, 0.3) is 11.1 Å². The molecule has 104 valence electrons. The van der Waals surface area contributed by atoms with Crippen LogP contribution in [-0.2, 0) is 13.6 Å². The summed E-state index contributed by atoms with van der Waals surface area (Å²) in [5.74, 6) is -0.440. The molecule has 3 aromatic rings. The highest BCUT2D eigenvalue weighted by Gasteiger charge is 2.16. The Bertz CT molecular complexity index is 859. The topological polar surface area (TPSA) is 79.0 Å². The van der Waals surface area contributed by atoms with Crippen molar-refractivity contribution in [3.05, 3.63) is 45.2 Å². The zero-order valence-electron chi connectivity index (χ0n) is 11.1. The lowest BCUT2D eigenvalue weighted by Gasteiger charge is -2.03. The summed E-state index contributed by atoms with van der Waals surface area (Å²) in [6, 6.07) is 5.08. The Morgan fingerprint density at radius 2 is 2.20 bits per heavy atom. The number of hydrogen-bond donors (Lipinski definition) is 1. The molecule has 0 saturated heterocycles. The molecule has 0 unspecified atom stereocenters. The van der Waals surface area contributed by atoms with E-state index in [9.17, 15) is 4.79 Å². The van der Waals surface area contributed by atoms with Crippen LogP contribution in [0.2, 0.25) is 5.15 Å². The molecule has 2 N–H and O–H groups in total. The van der Waals surface area contributed by atoms with Gasteiger partial charge in [-0.15, -0.1) is 0 Å². The van der Waals surface area contributed by atoms with E-state index in [0.717, 1.165) is 11.3 Å². The molecule has 0 aliphatic rings. The predicted octanol–water partition coefficient (Wildman–Crippen LogP) is 1.92. The molecule has 0 aliphatic heterocycles. The summed E-state index contributed by atoms with van der Waals surface area (Å²) in [6.07, 6.45) is 0. The van der Waals surface area contributed by atoms with Gasteiger partial charge in [0.25, 0.3) is 0 Å². The molecule has 7 heteroatoms. The molecule has 0 bridgehead atoms. The van der Waals surface area contributed by atoms with Gasteiger partial charge in [0.1, 0.15) is 5.15 Å². The van der Waals surface area contributed by atoms with Gasteiger partial charge >= 0.3 is 5.76 Å². The van der Waals surface area contributed by atoms with E-state index in [1.807, 2.05) is 6.92 Å². The first-order chi connectivity index (χ1) is 9.47. The fourth-order valence-corrected chi connectivity index (χ4v) is 2.47. The van der Waals surface area contributed by atoms with Gasteiger partial charge < -0.3 is 10.2 Å². The summed E-state index contributed by atoms with van der Waals surface area (Å²) in [6.45, 7) is 2.15. The summed E-state index contributed by atoms with van der Waals surface area (Å²) in [4.78, 5) is 12.0. The summed E-state index contributed by atoms with van der Waals surface area (Å²) in [5.41, 5.74) is 9.05. The van der Waals surface area contributed by atoms with Gasteiger partial charge in [-0.05, 0) is 25.1 Å². The highest BCUT2D eigenvalue weighted by molar-refractivity contribution is 6.30. The minimum absolute atomic E-state index is 0.299. The van der Waals surface area contributed by atoms with Crippen molar-refractivity contribution in [2.24, 2.45) is 7.05 Å². The Balaban J connectivity index is 2.17. The van der Waals surface area contributed by atoms with Gasteiger partial charge in [-0.1, -0.05) is 11.6 Å². The number of aryl methyl sites for hydroxylation is 2. The third-order valence-electron chi connectivity index (χ3n) is 3.28. The predicted molar refractivity (Wildman–Crippen MR) is 76.9 cm³/mol. The first-order valence-electron chi connectivity index (χ1n) is 6.04. The molecule has 1 aromatic carbocycles. The second-order valence-corrected chi connectivity index (χ2v) is 5.02. The average molecular weight is 293 g/mol. The number of benzene rings is 1. The van der Waals surface area contributed by atoms with Gasteiger partial charge in [0.2, 0.25) is 0 Å². The standard InChI is InChI=1S/C13H13ClN4O2/c1-7-9(12(14)17(2)16-7)6-18-10-5-8(15)3-4-11(10)20-13(18)19/h3-5H,6,15H2,1-2H3. The lowest BCUT2D eigenvalue weighted by molar-refractivity contribution is 0.517. The molecule has 0 atom stereocenters. The van der Waals surface area contributed by atoms with Gasteiger partial charge in [-0.2, -0.15) is 5.10 Å². The minimum Gasteiger partial charge on any atom is -0.408 e. The molecule has 0 fully saturated rings. The van der Waals surface area contributed by atoms with E-state index in [1.54, 1.807) is 29.9 Å². The first kappa shape index (κ1) is 12.8. The highest BCUT2D eigenvalue weighted by atomic mass is 35.5. The Labute approximate surface area is 119 Å². The summed E-state index contributed by atoms with van der Waals surface area (Å²) in [7, 11) is 1.76. The molecule has 6 nitrogen and oxygen atoms in total. The number of nitrogen functional groups attached to an aromatic ring is 1. The molecule has 0 saturated carbocycles. The van der Waals surface area contributed by atoms with Crippen molar-refractivity contribution < 1.29 is 4.42 Å². The maximum absolute atomic E-state index is 12.0. The van der Waals surface area contributed by atoms with Crippen LogP contribution in [0.15, 0.2) is 27.4 Å². The average Bonchev–Trinajstić information content (AvgIpc) is 2.82. The molecule has 2 heterocycles. The summed E-state index contributed by atoms with van der Waals surface area (Å²) in [5, 5.41) is 4.74. The zero-order valence-corrected chi connectivity index (χ0v) is 11.8. The van der Waals surface area contributed by atoms with Crippen LogP contribution in [0, 0.1) is 6.92 Å². The van der Waals surface area contributed by atoms with Crippen molar-refractivity contribution in [3.8, 4) is 0 Å². The van der Waals surface area contributed by atoms with Crippen molar-refractivity contribution in [1.29, 1.82) is 0 Å². The van der Waals surface area contributed by atoms with Crippen molar-refractivity contribution >= 4 is 28.4 Å². The summed E-state index contributed by atoms with van der Waals surface area (Å²) >= 11 is 6.20. The number of hydrogen-bond acceptors (Lipinski definition) is 4. The van der Waals surface area contributed by atoms with Crippen molar-refractivity contribution in [2.75, 3.05) is 5.73 Å². The maximum Gasteiger partial charge on any atom is 0.420 e. The van der Waals surface area contributed by atoms with Gasteiger partial charge in [0.15, 0.2) is 5.58 Å². The van der Waals surface area contributed by atoms with Crippen molar-refractivity contribution in [1.82, 2.24) is 14.3 Å².